The van der Waals surface area contributed by atoms with Gasteiger partial charge in [0.1, 0.15) is 5.84 Å². The summed E-state index contributed by atoms with van der Waals surface area (Å²) in [5.41, 5.74) is 3.79. The van der Waals surface area contributed by atoms with Gasteiger partial charge in [-0.25, -0.2) is 8.78 Å². The number of carbonyl (C=O) groups excluding carboxylic acids is 1. The van der Waals surface area contributed by atoms with Crippen molar-refractivity contribution in [2.75, 3.05) is 44.7 Å². The Morgan fingerprint density at radius 1 is 1.22 bits per heavy atom. The number of alkyl halides is 2. The highest BCUT2D eigenvalue weighted by Crippen LogP contribution is 2.38. The van der Waals surface area contributed by atoms with E-state index in [0.717, 1.165) is 55.4 Å². The van der Waals surface area contributed by atoms with Gasteiger partial charge in [-0.3, -0.25) is 10.2 Å². The predicted molar refractivity (Wildman–Crippen MR) is 144 cm³/mol. The zero-order valence-electron chi connectivity index (χ0n) is 21.6. The number of piperidine rings is 1. The van der Waals surface area contributed by atoms with Crippen molar-refractivity contribution in [1.82, 2.24) is 20.9 Å². The van der Waals surface area contributed by atoms with Crippen LogP contribution in [0.5, 0.6) is 0 Å². The number of halogens is 2. The predicted octanol–water partition coefficient (Wildman–Crippen LogP) is 3.41. The second-order valence-electron chi connectivity index (χ2n) is 9.82. The first kappa shape index (κ1) is 26.8. The number of hydrogen-bond acceptors (Lipinski definition) is 6. The number of anilines is 1. The van der Waals surface area contributed by atoms with Gasteiger partial charge >= 0.3 is 0 Å². The molecule has 5 N–H and O–H groups in total. The van der Waals surface area contributed by atoms with Crippen LogP contribution < -0.4 is 20.9 Å². The van der Waals surface area contributed by atoms with Gasteiger partial charge in [0, 0.05) is 80.0 Å². The highest BCUT2D eigenvalue weighted by molar-refractivity contribution is 6.11. The topological polar surface area (TPSA) is 107 Å². The van der Waals surface area contributed by atoms with E-state index in [2.05, 4.69) is 16.0 Å². The summed E-state index contributed by atoms with van der Waals surface area (Å²) in [6.07, 6.45) is 4.00. The van der Waals surface area contributed by atoms with E-state index in [1.165, 1.54) is 6.07 Å². The summed E-state index contributed by atoms with van der Waals surface area (Å²) in [5.74, 6) is 0.222. The molecular formula is C27H37F2N7O. The van der Waals surface area contributed by atoms with Crippen LogP contribution in [0.1, 0.15) is 55.7 Å². The Bertz CT molecular complexity index is 1110. The number of rotatable bonds is 7. The van der Waals surface area contributed by atoms with E-state index in [0.29, 0.717) is 55.3 Å². The first-order valence-electron chi connectivity index (χ1n) is 13.0. The molecule has 0 saturated carbocycles. The zero-order chi connectivity index (χ0) is 26.5. The lowest BCUT2D eigenvalue weighted by Gasteiger charge is -2.38. The fourth-order valence-electron chi connectivity index (χ4n) is 5.45. The van der Waals surface area contributed by atoms with E-state index >= 15 is 0 Å². The Morgan fingerprint density at radius 2 is 1.97 bits per heavy atom. The molecule has 8 nitrogen and oxygen atoms in total. The van der Waals surface area contributed by atoms with E-state index < -0.39 is 6.43 Å². The highest BCUT2D eigenvalue weighted by Gasteiger charge is 2.31. The molecule has 37 heavy (non-hydrogen) atoms. The summed E-state index contributed by atoms with van der Waals surface area (Å²) in [4.78, 5) is 15.8. The summed E-state index contributed by atoms with van der Waals surface area (Å²) >= 11 is 0. The molecule has 1 amide bonds. The van der Waals surface area contributed by atoms with E-state index in [-0.39, 0.29) is 17.3 Å². The first-order valence-corrected chi connectivity index (χ1v) is 13.0. The maximum absolute atomic E-state index is 14.2. The van der Waals surface area contributed by atoms with Crippen molar-refractivity contribution < 1.29 is 13.6 Å². The van der Waals surface area contributed by atoms with Crippen LogP contribution in [-0.2, 0) is 11.2 Å². The number of amides is 1. The SMILES string of the molecule is CN/C=C(\C=N)c1cc2c(cc1C(F)F)N(C(=N)C1=C(NC3CCNCC3)CCN(C(C)=O)C1)CCC2. The fraction of sp³-hybridized carbons (Fsp3) is 0.519. The number of nitrogens with one attached hydrogen (secondary N) is 5. The fourth-order valence-corrected chi connectivity index (χ4v) is 5.45. The number of amidine groups is 1. The molecule has 1 fully saturated rings. The summed E-state index contributed by atoms with van der Waals surface area (Å²) in [7, 11) is 1.67. The summed E-state index contributed by atoms with van der Waals surface area (Å²) < 4.78 is 28.4. The molecule has 0 aliphatic carbocycles. The Labute approximate surface area is 217 Å². The van der Waals surface area contributed by atoms with Crippen LogP contribution >= 0.6 is 0 Å². The molecule has 0 spiro atoms. The average Bonchev–Trinajstić information content (AvgIpc) is 2.90. The second-order valence-corrected chi connectivity index (χ2v) is 9.82. The van der Waals surface area contributed by atoms with Gasteiger partial charge in [0.05, 0.1) is 6.54 Å². The van der Waals surface area contributed by atoms with Gasteiger partial charge in [-0.05, 0) is 62.0 Å². The van der Waals surface area contributed by atoms with E-state index in [1.807, 2.05) is 4.90 Å². The minimum Gasteiger partial charge on any atom is -0.393 e. The van der Waals surface area contributed by atoms with Crippen molar-refractivity contribution in [2.45, 2.75) is 51.5 Å². The van der Waals surface area contributed by atoms with Crippen molar-refractivity contribution >= 4 is 29.2 Å². The van der Waals surface area contributed by atoms with Gasteiger partial charge < -0.3 is 31.2 Å². The molecule has 0 atom stereocenters. The molecule has 3 heterocycles. The summed E-state index contributed by atoms with van der Waals surface area (Å²) in [6.45, 7) is 4.89. The number of nitrogens with zero attached hydrogens (tertiary/aromatic N) is 2. The number of carbonyl (C=O) groups is 1. The molecular weight excluding hydrogens is 476 g/mol. The third kappa shape index (κ3) is 5.84. The molecule has 0 bridgehead atoms. The molecule has 0 unspecified atom stereocenters. The van der Waals surface area contributed by atoms with E-state index in [4.69, 9.17) is 5.41 Å². The lowest BCUT2D eigenvalue weighted by atomic mass is 9.91. The van der Waals surface area contributed by atoms with Crippen LogP contribution in [0.2, 0.25) is 0 Å². The molecule has 1 saturated heterocycles. The van der Waals surface area contributed by atoms with E-state index in [1.54, 1.807) is 31.1 Å². The van der Waals surface area contributed by atoms with Crippen LogP contribution in [0.15, 0.2) is 29.6 Å². The zero-order valence-corrected chi connectivity index (χ0v) is 21.6. The molecule has 4 rings (SSSR count). The van der Waals surface area contributed by atoms with Crippen molar-refractivity contribution in [3.8, 4) is 0 Å². The van der Waals surface area contributed by atoms with Gasteiger partial charge in [0.2, 0.25) is 5.91 Å². The van der Waals surface area contributed by atoms with Crippen LogP contribution in [0.25, 0.3) is 5.57 Å². The van der Waals surface area contributed by atoms with Crippen LogP contribution in [0.4, 0.5) is 14.5 Å². The Balaban J connectivity index is 1.73. The number of benzene rings is 1. The van der Waals surface area contributed by atoms with E-state index in [9.17, 15) is 19.0 Å². The highest BCUT2D eigenvalue weighted by atomic mass is 19.3. The Morgan fingerprint density at radius 3 is 2.62 bits per heavy atom. The number of hydrogen-bond donors (Lipinski definition) is 5. The minimum absolute atomic E-state index is 0.0367. The largest absolute Gasteiger partial charge is 0.393 e. The molecule has 1 aromatic rings. The standard InChI is InChI=1S/C27H37F2N7O/c1-17(37)35-11-7-24(34-20-5-8-33-9-6-20)23(16-35)27(31)36-10-3-4-18-12-21(19(14-30)15-32-2)22(26(28)29)13-25(18)36/h12-15,20,26,30-34H,3-11,16H2,1-2H3/b19-15+,30-14?,31-27?. The van der Waals surface area contributed by atoms with Gasteiger partial charge in [-0.15, -0.1) is 0 Å². The summed E-state index contributed by atoms with van der Waals surface area (Å²) in [6, 6.07) is 3.54. The number of aryl methyl sites for hydroxylation is 1. The van der Waals surface area contributed by atoms with Crippen LogP contribution in [0, 0.1) is 10.8 Å². The molecule has 200 valence electrons. The van der Waals surface area contributed by atoms with Crippen LogP contribution in [0.3, 0.4) is 0 Å². The molecule has 3 aliphatic heterocycles. The monoisotopic (exact) mass is 513 g/mol. The Hall–Kier alpha value is -3.27. The molecule has 10 heteroatoms. The van der Waals surface area contributed by atoms with Gasteiger partial charge in [-0.2, -0.15) is 0 Å². The van der Waals surface area contributed by atoms with Crippen molar-refractivity contribution in [3.63, 3.8) is 0 Å². The van der Waals surface area contributed by atoms with Crippen molar-refractivity contribution in [3.05, 3.63) is 46.3 Å². The molecule has 1 aromatic carbocycles. The number of allylic oxidation sites excluding steroid dienone is 1. The molecule has 0 radical (unpaired) electrons. The van der Waals surface area contributed by atoms with Gasteiger partial charge in [0.15, 0.2) is 0 Å². The van der Waals surface area contributed by atoms with Crippen molar-refractivity contribution in [2.24, 2.45) is 0 Å². The number of fused-ring (bicyclic) bond motifs is 1. The average molecular weight is 514 g/mol. The normalized spacial score (nSPS) is 19.1. The van der Waals surface area contributed by atoms with Gasteiger partial charge in [-0.1, -0.05) is 0 Å². The maximum atomic E-state index is 14.2. The van der Waals surface area contributed by atoms with Crippen molar-refractivity contribution in [1.29, 1.82) is 10.8 Å². The smallest absolute Gasteiger partial charge is 0.264 e. The first-order chi connectivity index (χ1) is 17.8. The quantitative estimate of drug-likeness (QED) is 0.284. The third-order valence-corrected chi connectivity index (χ3v) is 7.43. The molecule has 0 aromatic heterocycles. The third-order valence-electron chi connectivity index (χ3n) is 7.43. The molecule has 3 aliphatic rings. The lowest BCUT2D eigenvalue weighted by Crippen LogP contribution is -2.47. The summed E-state index contributed by atoms with van der Waals surface area (Å²) in [5, 5.41) is 26.8. The second kappa shape index (κ2) is 11.9. The van der Waals surface area contributed by atoms with Crippen LogP contribution in [-0.4, -0.2) is 68.7 Å². The maximum Gasteiger partial charge on any atom is 0.264 e. The Kier molecular flexibility index (Phi) is 8.58. The van der Waals surface area contributed by atoms with Gasteiger partial charge in [0.25, 0.3) is 6.43 Å². The minimum atomic E-state index is -2.72. The lowest BCUT2D eigenvalue weighted by molar-refractivity contribution is -0.128.